The monoisotopic (exact) mass is 388 g/mol. The molecule has 0 aromatic heterocycles. The quantitative estimate of drug-likeness (QED) is 0.586. The Morgan fingerprint density at radius 2 is 1.63 bits per heavy atom. The number of halogens is 1. The molecule has 0 aliphatic rings. The van der Waals surface area contributed by atoms with Gasteiger partial charge in [-0.2, -0.15) is 0 Å². The van der Waals surface area contributed by atoms with E-state index in [0.717, 1.165) is 0 Å². The molecule has 0 radical (unpaired) electrons. The summed E-state index contributed by atoms with van der Waals surface area (Å²) >= 11 is 5.84. The highest BCUT2D eigenvalue weighted by Gasteiger charge is 2.09. The third kappa shape index (κ3) is 6.99. The number of anilines is 2. The van der Waals surface area contributed by atoms with Crippen LogP contribution in [-0.2, 0) is 4.79 Å². The van der Waals surface area contributed by atoms with Crippen LogP contribution in [0, 0.1) is 5.92 Å². The Kier molecular flexibility index (Phi) is 7.19. The highest BCUT2D eigenvalue weighted by Crippen LogP contribution is 2.14. The van der Waals surface area contributed by atoms with Gasteiger partial charge >= 0.3 is 6.03 Å². The van der Waals surface area contributed by atoms with E-state index in [4.69, 9.17) is 11.6 Å². The van der Waals surface area contributed by atoms with E-state index in [9.17, 15) is 14.4 Å². The average molecular weight is 389 g/mol. The fraction of sp³-hybridized carbons (Fsp3) is 0.211. The van der Waals surface area contributed by atoms with Crippen LogP contribution in [0.15, 0.2) is 48.5 Å². The van der Waals surface area contributed by atoms with Crippen molar-refractivity contribution in [1.29, 1.82) is 0 Å². The fourth-order valence-corrected chi connectivity index (χ4v) is 2.39. The zero-order chi connectivity index (χ0) is 19.8. The number of hydrazine groups is 1. The van der Waals surface area contributed by atoms with Crippen molar-refractivity contribution in [3.63, 3.8) is 0 Å². The van der Waals surface area contributed by atoms with Crippen molar-refractivity contribution in [2.75, 3.05) is 10.6 Å². The van der Waals surface area contributed by atoms with Crippen LogP contribution in [0.2, 0.25) is 5.02 Å². The second-order valence-corrected chi connectivity index (χ2v) is 6.70. The first-order valence-corrected chi connectivity index (χ1v) is 8.74. The van der Waals surface area contributed by atoms with Crippen molar-refractivity contribution in [2.45, 2.75) is 20.3 Å². The molecule has 0 unspecified atom stereocenters. The van der Waals surface area contributed by atoms with Crippen LogP contribution in [-0.4, -0.2) is 17.8 Å². The minimum absolute atomic E-state index is 0.0819. The van der Waals surface area contributed by atoms with Crippen LogP contribution in [0.3, 0.4) is 0 Å². The lowest BCUT2D eigenvalue weighted by atomic mass is 10.1. The van der Waals surface area contributed by atoms with E-state index in [1.165, 1.54) is 0 Å². The zero-order valence-corrected chi connectivity index (χ0v) is 15.8. The molecule has 0 aliphatic heterocycles. The maximum atomic E-state index is 12.1. The minimum Gasteiger partial charge on any atom is -0.326 e. The van der Waals surface area contributed by atoms with Crippen molar-refractivity contribution >= 4 is 40.8 Å². The summed E-state index contributed by atoms with van der Waals surface area (Å²) in [6, 6.07) is 12.4. The van der Waals surface area contributed by atoms with Crippen molar-refractivity contribution in [1.82, 2.24) is 10.9 Å². The van der Waals surface area contributed by atoms with E-state index in [-0.39, 0.29) is 11.8 Å². The lowest BCUT2D eigenvalue weighted by Crippen LogP contribution is -2.43. The molecule has 0 fully saturated rings. The topological polar surface area (TPSA) is 99.3 Å². The number of rotatable bonds is 5. The minimum atomic E-state index is -0.608. The van der Waals surface area contributed by atoms with E-state index >= 15 is 0 Å². The molecule has 0 atom stereocenters. The Morgan fingerprint density at radius 3 is 2.26 bits per heavy atom. The van der Waals surface area contributed by atoms with Gasteiger partial charge in [-0.3, -0.25) is 15.0 Å². The standard InChI is InChI=1S/C19H21ClN4O3/c1-12(2)10-17(25)21-15-8-6-13(7-9-15)18(26)23-24-19(27)22-16-5-3-4-14(20)11-16/h3-9,11-12H,10H2,1-2H3,(H,21,25)(H,23,26)(H2,22,24,27). The number of carbonyl (C=O) groups excluding carboxylic acids is 3. The Hall–Kier alpha value is -3.06. The highest BCUT2D eigenvalue weighted by molar-refractivity contribution is 6.30. The third-order valence-electron chi connectivity index (χ3n) is 3.40. The van der Waals surface area contributed by atoms with Crippen LogP contribution in [0.25, 0.3) is 0 Å². The number of amides is 4. The normalized spacial score (nSPS) is 10.2. The molecule has 2 aromatic rings. The van der Waals surface area contributed by atoms with Gasteiger partial charge in [0.1, 0.15) is 0 Å². The lowest BCUT2D eigenvalue weighted by Gasteiger charge is -2.10. The van der Waals surface area contributed by atoms with E-state index in [1.807, 2.05) is 13.8 Å². The predicted molar refractivity (Wildman–Crippen MR) is 106 cm³/mol. The van der Waals surface area contributed by atoms with Crippen molar-refractivity contribution < 1.29 is 14.4 Å². The summed E-state index contributed by atoms with van der Waals surface area (Å²) in [5.74, 6) is -0.308. The van der Waals surface area contributed by atoms with Gasteiger partial charge in [-0.05, 0) is 48.4 Å². The van der Waals surface area contributed by atoms with Crippen LogP contribution in [0.4, 0.5) is 16.2 Å². The number of carbonyl (C=O) groups is 3. The molecule has 0 saturated heterocycles. The summed E-state index contributed by atoms with van der Waals surface area (Å²) in [6.07, 6.45) is 0.424. The smallest absolute Gasteiger partial charge is 0.326 e. The molecule has 0 spiro atoms. The van der Waals surface area contributed by atoms with Crippen molar-refractivity contribution in [2.24, 2.45) is 5.92 Å². The van der Waals surface area contributed by atoms with Gasteiger partial charge in [0.05, 0.1) is 0 Å². The van der Waals surface area contributed by atoms with Gasteiger partial charge in [-0.25, -0.2) is 10.2 Å². The highest BCUT2D eigenvalue weighted by atomic mass is 35.5. The molecule has 142 valence electrons. The summed E-state index contributed by atoms with van der Waals surface area (Å²) in [5.41, 5.74) is 5.98. The predicted octanol–water partition coefficient (Wildman–Crippen LogP) is 3.79. The molecular weight excluding hydrogens is 368 g/mol. The van der Waals surface area contributed by atoms with Crippen molar-refractivity contribution in [3.05, 3.63) is 59.1 Å². The summed E-state index contributed by atoms with van der Waals surface area (Å²) in [7, 11) is 0. The summed E-state index contributed by atoms with van der Waals surface area (Å²) in [6.45, 7) is 3.92. The largest absolute Gasteiger partial charge is 0.337 e. The van der Waals surface area contributed by atoms with Gasteiger partial charge < -0.3 is 10.6 Å². The molecule has 0 heterocycles. The molecule has 4 N–H and O–H groups in total. The molecule has 0 saturated carbocycles. The molecule has 7 nitrogen and oxygen atoms in total. The van der Waals surface area contributed by atoms with Crippen LogP contribution < -0.4 is 21.5 Å². The van der Waals surface area contributed by atoms with Gasteiger partial charge in [-0.1, -0.05) is 31.5 Å². The first-order chi connectivity index (χ1) is 12.8. The van der Waals surface area contributed by atoms with Gasteiger partial charge in [0, 0.05) is 28.4 Å². The molecule has 4 amide bonds. The first-order valence-electron chi connectivity index (χ1n) is 8.36. The van der Waals surface area contributed by atoms with Crippen molar-refractivity contribution in [3.8, 4) is 0 Å². The fourth-order valence-electron chi connectivity index (χ4n) is 2.20. The molecule has 27 heavy (non-hydrogen) atoms. The number of hydrogen-bond donors (Lipinski definition) is 4. The Labute approximate surface area is 162 Å². The van der Waals surface area contributed by atoms with E-state index in [0.29, 0.717) is 28.4 Å². The van der Waals surface area contributed by atoms with E-state index in [1.54, 1.807) is 48.5 Å². The Morgan fingerprint density at radius 1 is 0.926 bits per heavy atom. The van der Waals surface area contributed by atoms with Gasteiger partial charge in [0.2, 0.25) is 5.91 Å². The molecule has 8 heteroatoms. The summed E-state index contributed by atoms with van der Waals surface area (Å²) in [5, 5.41) is 5.78. The first kappa shape index (κ1) is 20.3. The second-order valence-electron chi connectivity index (χ2n) is 6.27. The number of hydrogen-bond acceptors (Lipinski definition) is 3. The summed E-state index contributed by atoms with van der Waals surface area (Å²) in [4.78, 5) is 35.6. The average Bonchev–Trinajstić information content (AvgIpc) is 2.59. The second kappa shape index (κ2) is 9.59. The van der Waals surface area contributed by atoms with Gasteiger partial charge in [0.15, 0.2) is 0 Å². The SMILES string of the molecule is CC(C)CC(=O)Nc1ccc(C(=O)NNC(=O)Nc2cccc(Cl)c2)cc1. The zero-order valence-electron chi connectivity index (χ0n) is 15.0. The van der Waals surface area contributed by atoms with Gasteiger partial charge in [-0.15, -0.1) is 0 Å². The van der Waals surface area contributed by atoms with Crippen LogP contribution in [0.5, 0.6) is 0 Å². The molecule has 0 aliphatic carbocycles. The molecule has 2 aromatic carbocycles. The number of nitrogens with one attached hydrogen (secondary N) is 4. The molecule has 2 rings (SSSR count). The number of benzene rings is 2. The maximum Gasteiger partial charge on any atom is 0.337 e. The van der Waals surface area contributed by atoms with Crippen LogP contribution in [0.1, 0.15) is 30.6 Å². The molecule has 0 bridgehead atoms. The van der Waals surface area contributed by atoms with Gasteiger partial charge in [0.25, 0.3) is 5.91 Å². The Balaban J connectivity index is 1.83. The number of urea groups is 1. The summed E-state index contributed by atoms with van der Waals surface area (Å²) < 4.78 is 0. The third-order valence-corrected chi connectivity index (χ3v) is 3.63. The molecular formula is C19H21ClN4O3. The lowest BCUT2D eigenvalue weighted by molar-refractivity contribution is -0.116. The van der Waals surface area contributed by atoms with E-state index in [2.05, 4.69) is 21.5 Å². The Bertz CT molecular complexity index is 822. The maximum absolute atomic E-state index is 12.1. The van der Waals surface area contributed by atoms with E-state index < -0.39 is 11.9 Å². The van der Waals surface area contributed by atoms with Crippen LogP contribution >= 0.6 is 11.6 Å².